The molecule has 4 aliphatic rings. The number of halogens is 1. The third-order valence-electron chi connectivity index (χ3n) is 8.18. The minimum atomic E-state index is -0.759. The molecule has 7 nitrogen and oxygen atoms in total. The first-order valence-corrected chi connectivity index (χ1v) is 13.2. The molecule has 6 rings (SSSR count). The molecule has 192 valence electrons. The van der Waals surface area contributed by atoms with E-state index in [1.165, 1.54) is 18.1 Å². The van der Waals surface area contributed by atoms with E-state index >= 15 is 0 Å². The molecule has 0 radical (unpaired) electrons. The SMILES string of the molecule is COc1cc(Br)cc([C@H]2C3=CC[C@@H]4C(=O)N(c5ccccc5)C(=O)[C@@H]4[C@@H]3CC3=C2C(=O)C=C(C)C3=O)c1O. The fraction of sp³-hybridized carbons (Fsp3) is 0.267. The van der Waals surface area contributed by atoms with Crippen LogP contribution in [-0.4, -0.2) is 35.6 Å². The van der Waals surface area contributed by atoms with Crippen LogP contribution in [-0.2, 0) is 19.2 Å². The molecule has 2 amide bonds. The van der Waals surface area contributed by atoms with Crippen LogP contribution in [0.1, 0.15) is 31.2 Å². The topological polar surface area (TPSA) is 101 Å². The summed E-state index contributed by atoms with van der Waals surface area (Å²) in [6.07, 6.45) is 3.78. The van der Waals surface area contributed by atoms with Crippen molar-refractivity contribution in [3.8, 4) is 11.5 Å². The molecule has 1 aliphatic heterocycles. The normalized spacial score (nSPS) is 26.6. The van der Waals surface area contributed by atoms with Gasteiger partial charge in [0.2, 0.25) is 11.8 Å². The van der Waals surface area contributed by atoms with Gasteiger partial charge < -0.3 is 9.84 Å². The number of nitrogens with zero attached hydrogens (tertiary/aromatic N) is 1. The number of imide groups is 1. The molecule has 8 heteroatoms. The van der Waals surface area contributed by atoms with Crippen LogP contribution in [0.25, 0.3) is 0 Å². The van der Waals surface area contributed by atoms with Crippen molar-refractivity contribution in [3.63, 3.8) is 0 Å². The molecule has 38 heavy (non-hydrogen) atoms. The van der Waals surface area contributed by atoms with Crippen LogP contribution >= 0.6 is 15.9 Å². The Morgan fingerprint density at radius 3 is 2.47 bits per heavy atom. The molecule has 0 spiro atoms. The van der Waals surface area contributed by atoms with Gasteiger partial charge in [0.15, 0.2) is 23.1 Å². The predicted molar refractivity (Wildman–Crippen MR) is 143 cm³/mol. The number of aromatic hydroxyl groups is 1. The number of ether oxygens (including phenoxy) is 1. The number of carbonyl (C=O) groups is 4. The van der Waals surface area contributed by atoms with E-state index in [1.54, 1.807) is 43.3 Å². The van der Waals surface area contributed by atoms with Gasteiger partial charge >= 0.3 is 0 Å². The predicted octanol–water partition coefficient (Wildman–Crippen LogP) is 4.80. The van der Waals surface area contributed by atoms with Crippen LogP contribution < -0.4 is 9.64 Å². The maximum Gasteiger partial charge on any atom is 0.238 e. The summed E-state index contributed by atoms with van der Waals surface area (Å²) >= 11 is 3.47. The minimum Gasteiger partial charge on any atom is -0.504 e. The zero-order valence-electron chi connectivity index (χ0n) is 20.7. The van der Waals surface area contributed by atoms with Gasteiger partial charge in [-0.3, -0.25) is 24.1 Å². The summed E-state index contributed by atoms with van der Waals surface area (Å²) in [6.45, 7) is 1.61. The third kappa shape index (κ3) is 3.46. The van der Waals surface area contributed by atoms with Gasteiger partial charge in [0.05, 0.1) is 24.6 Å². The van der Waals surface area contributed by atoms with Crippen LogP contribution in [0.4, 0.5) is 5.69 Å². The molecule has 4 atom stereocenters. The van der Waals surface area contributed by atoms with Crippen molar-refractivity contribution in [1.82, 2.24) is 0 Å². The van der Waals surface area contributed by atoms with Crippen LogP contribution in [0, 0.1) is 17.8 Å². The smallest absolute Gasteiger partial charge is 0.238 e. The molecule has 1 N–H and O–H groups in total. The third-order valence-corrected chi connectivity index (χ3v) is 8.63. The highest BCUT2D eigenvalue weighted by Gasteiger charge is 2.56. The van der Waals surface area contributed by atoms with Crippen molar-refractivity contribution in [2.24, 2.45) is 17.8 Å². The van der Waals surface area contributed by atoms with E-state index in [2.05, 4.69) is 15.9 Å². The molecular weight excluding hydrogens is 550 g/mol. The van der Waals surface area contributed by atoms with Gasteiger partial charge in [-0.2, -0.15) is 0 Å². The average Bonchev–Trinajstić information content (AvgIpc) is 3.17. The summed E-state index contributed by atoms with van der Waals surface area (Å²) in [5.41, 5.74) is 2.69. The maximum atomic E-state index is 13.9. The molecule has 0 unspecified atom stereocenters. The van der Waals surface area contributed by atoms with Crippen molar-refractivity contribution in [1.29, 1.82) is 0 Å². The summed E-state index contributed by atoms with van der Waals surface area (Å²) in [4.78, 5) is 55.4. The maximum absolute atomic E-state index is 13.9. The van der Waals surface area contributed by atoms with Crippen LogP contribution in [0.3, 0.4) is 0 Å². The van der Waals surface area contributed by atoms with Crippen molar-refractivity contribution >= 4 is 45.0 Å². The number of carbonyl (C=O) groups excluding carboxylic acids is 4. The van der Waals surface area contributed by atoms with Gasteiger partial charge in [-0.15, -0.1) is 0 Å². The number of benzene rings is 2. The van der Waals surface area contributed by atoms with Gasteiger partial charge in [0, 0.05) is 32.7 Å². The fourth-order valence-electron chi connectivity index (χ4n) is 6.54. The number of fused-ring (bicyclic) bond motifs is 3. The molecule has 1 fully saturated rings. The van der Waals surface area contributed by atoms with Crippen LogP contribution in [0.5, 0.6) is 11.5 Å². The number of phenolic OH excluding ortho intramolecular Hbond substituents is 1. The Morgan fingerprint density at radius 1 is 1.03 bits per heavy atom. The standard InChI is InChI=1S/C30H24BrNO6/c1-14-10-22(33)26-21(27(14)34)13-19-17(24(26)20-11-15(31)12-23(38-2)28(20)35)8-9-18-25(19)30(37)32(29(18)36)16-6-4-3-5-7-16/h3-8,10-12,18-19,24-25,35H,9,13H2,1-2H3/t18-,19+,24+,25-/m0/s1. The number of hydrogen-bond donors (Lipinski definition) is 1. The second-order valence-electron chi connectivity index (χ2n) is 10.1. The highest BCUT2D eigenvalue weighted by molar-refractivity contribution is 9.10. The Balaban J connectivity index is 1.54. The first-order chi connectivity index (χ1) is 18.2. The number of methoxy groups -OCH3 is 1. The lowest BCUT2D eigenvalue weighted by atomic mass is 9.59. The second-order valence-corrected chi connectivity index (χ2v) is 11.0. The lowest BCUT2D eigenvalue weighted by Crippen LogP contribution is -2.39. The van der Waals surface area contributed by atoms with E-state index in [1.807, 2.05) is 12.1 Å². The minimum absolute atomic E-state index is 0.137. The van der Waals surface area contributed by atoms with Gasteiger partial charge in [-0.05, 0) is 56.0 Å². The van der Waals surface area contributed by atoms with E-state index < -0.39 is 23.7 Å². The first kappa shape index (κ1) is 24.6. The highest BCUT2D eigenvalue weighted by atomic mass is 79.9. The molecule has 0 aromatic heterocycles. The molecule has 2 aromatic rings. The lowest BCUT2D eigenvalue weighted by molar-refractivity contribution is -0.123. The highest BCUT2D eigenvalue weighted by Crippen LogP contribution is 2.57. The monoisotopic (exact) mass is 573 g/mol. The Hall–Kier alpha value is -3.78. The summed E-state index contributed by atoms with van der Waals surface area (Å²) in [5, 5.41) is 11.2. The summed E-state index contributed by atoms with van der Waals surface area (Å²) in [6, 6.07) is 12.2. The van der Waals surface area contributed by atoms with Gasteiger partial charge in [-0.1, -0.05) is 45.8 Å². The Bertz CT molecular complexity index is 1540. The summed E-state index contributed by atoms with van der Waals surface area (Å²) < 4.78 is 6.00. The second kappa shape index (κ2) is 8.91. The van der Waals surface area contributed by atoms with Crippen molar-refractivity contribution < 1.29 is 29.0 Å². The number of hydrogen-bond acceptors (Lipinski definition) is 6. The van der Waals surface area contributed by atoms with E-state index in [0.717, 1.165) is 5.57 Å². The average molecular weight is 574 g/mol. The molecule has 0 saturated carbocycles. The van der Waals surface area contributed by atoms with Crippen LogP contribution in [0.15, 0.2) is 81.4 Å². The van der Waals surface area contributed by atoms with Gasteiger partial charge in [0.1, 0.15) is 0 Å². The summed E-state index contributed by atoms with van der Waals surface area (Å²) in [7, 11) is 1.44. The number of Topliss-reactive ketones (excluding diaryl/α,β-unsaturated/α-hetero) is 1. The molecule has 3 aliphatic carbocycles. The molecule has 1 heterocycles. The number of phenols is 1. The number of anilines is 1. The zero-order valence-corrected chi connectivity index (χ0v) is 22.3. The number of para-hydroxylation sites is 1. The fourth-order valence-corrected chi connectivity index (χ4v) is 6.99. The van der Waals surface area contributed by atoms with Crippen molar-refractivity contribution in [2.75, 3.05) is 12.0 Å². The number of allylic oxidation sites excluding steroid dienone is 6. The van der Waals surface area contributed by atoms with Crippen molar-refractivity contribution in [2.45, 2.75) is 25.7 Å². The number of rotatable bonds is 3. The van der Waals surface area contributed by atoms with E-state index in [9.17, 15) is 24.3 Å². The Labute approximate surface area is 227 Å². The first-order valence-electron chi connectivity index (χ1n) is 12.4. The van der Waals surface area contributed by atoms with E-state index in [4.69, 9.17) is 4.74 Å². The number of ketones is 2. The molecule has 1 saturated heterocycles. The van der Waals surface area contributed by atoms with E-state index in [-0.39, 0.29) is 41.3 Å². The molecular formula is C30H24BrNO6. The summed E-state index contributed by atoms with van der Waals surface area (Å²) in [5.74, 6) is -3.49. The molecule has 2 aromatic carbocycles. The lowest BCUT2D eigenvalue weighted by Gasteiger charge is -2.42. The zero-order chi connectivity index (χ0) is 26.9. The van der Waals surface area contributed by atoms with Crippen LogP contribution in [0.2, 0.25) is 0 Å². The van der Waals surface area contributed by atoms with E-state index in [0.29, 0.717) is 38.9 Å². The molecule has 0 bridgehead atoms. The van der Waals surface area contributed by atoms with Gasteiger partial charge in [-0.25, -0.2) is 0 Å². The van der Waals surface area contributed by atoms with Crippen molar-refractivity contribution in [3.05, 3.63) is 86.9 Å². The van der Waals surface area contributed by atoms with Gasteiger partial charge in [0.25, 0.3) is 0 Å². The largest absolute Gasteiger partial charge is 0.504 e. The quantitative estimate of drug-likeness (QED) is 0.321. The number of amides is 2. The Morgan fingerprint density at radius 2 is 1.76 bits per heavy atom. The Kier molecular flexibility index (Phi) is 5.76.